The van der Waals surface area contributed by atoms with Gasteiger partial charge in [-0.15, -0.1) is 0 Å². The summed E-state index contributed by atoms with van der Waals surface area (Å²) < 4.78 is 2.56. The molecule has 0 bridgehead atoms. The first-order valence-electron chi connectivity index (χ1n) is 4.91. The van der Waals surface area contributed by atoms with Gasteiger partial charge in [-0.1, -0.05) is 0 Å². The molecule has 0 fully saturated rings. The molecular formula is C13H10OSe. The van der Waals surface area contributed by atoms with Gasteiger partial charge in [-0.2, -0.15) is 0 Å². The maximum atomic E-state index is 9.80. The molecule has 2 heteroatoms. The molecule has 1 aliphatic rings. The molecule has 0 aliphatic carbocycles. The molecule has 0 amide bonds. The van der Waals surface area contributed by atoms with Crippen LogP contribution in [-0.2, 0) is 6.42 Å². The average Bonchev–Trinajstić information content (AvgIpc) is 2.27. The molecule has 0 saturated heterocycles. The van der Waals surface area contributed by atoms with Crippen molar-refractivity contribution in [3.05, 3.63) is 53.6 Å². The Morgan fingerprint density at radius 3 is 2.67 bits per heavy atom. The van der Waals surface area contributed by atoms with E-state index in [0.29, 0.717) is 5.75 Å². The van der Waals surface area contributed by atoms with Crippen LogP contribution >= 0.6 is 0 Å². The molecular weight excluding hydrogens is 251 g/mol. The van der Waals surface area contributed by atoms with Gasteiger partial charge in [0.25, 0.3) is 0 Å². The fourth-order valence-corrected chi connectivity index (χ4v) is 4.16. The Labute approximate surface area is 94.9 Å². The van der Waals surface area contributed by atoms with E-state index >= 15 is 0 Å². The number of phenols is 1. The fraction of sp³-hybridized carbons (Fsp3) is 0.0769. The minimum atomic E-state index is 0.259. The zero-order valence-corrected chi connectivity index (χ0v) is 9.82. The van der Waals surface area contributed by atoms with E-state index in [0.717, 1.165) is 10.9 Å². The van der Waals surface area contributed by atoms with E-state index in [1.807, 2.05) is 6.07 Å². The molecule has 0 radical (unpaired) electrons. The molecule has 0 atom stereocenters. The maximum absolute atomic E-state index is 9.80. The van der Waals surface area contributed by atoms with Gasteiger partial charge >= 0.3 is 94.7 Å². The zero-order chi connectivity index (χ0) is 10.3. The summed E-state index contributed by atoms with van der Waals surface area (Å²) in [5.74, 6) is 0.460. The van der Waals surface area contributed by atoms with Crippen molar-refractivity contribution in [2.45, 2.75) is 6.42 Å². The van der Waals surface area contributed by atoms with Crippen molar-refractivity contribution in [3.8, 4) is 5.75 Å². The van der Waals surface area contributed by atoms with Crippen molar-refractivity contribution in [3.63, 3.8) is 0 Å². The van der Waals surface area contributed by atoms with Gasteiger partial charge in [-0.05, 0) is 0 Å². The summed E-state index contributed by atoms with van der Waals surface area (Å²) in [4.78, 5) is 0. The first-order valence-corrected chi connectivity index (χ1v) is 6.62. The SMILES string of the molecule is Oc1cccc2c1[Se]c1ccccc1C2. The normalized spacial score (nSPS) is 13.1. The third kappa shape index (κ3) is 1.46. The third-order valence-electron chi connectivity index (χ3n) is 2.64. The molecule has 1 nitrogen and oxygen atoms in total. The van der Waals surface area contributed by atoms with E-state index in [2.05, 4.69) is 30.3 Å². The minimum absolute atomic E-state index is 0.259. The van der Waals surface area contributed by atoms with Gasteiger partial charge in [-0.25, -0.2) is 0 Å². The Morgan fingerprint density at radius 1 is 0.933 bits per heavy atom. The van der Waals surface area contributed by atoms with Crippen LogP contribution in [0.25, 0.3) is 0 Å². The van der Waals surface area contributed by atoms with Crippen LogP contribution in [0.2, 0.25) is 0 Å². The van der Waals surface area contributed by atoms with Gasteiger partial charge in [0.15, 0.2) is 0 Å². The number of aromatic hydroxyl groups is 1. The van der Waals surface area contributed by atoms with Crippen LogP contribution in [0.5, 0.6) is 5.75 Å². The Hall–Kier alpha value is -1.24. The van der Waals surface area contributed by atoms with E-state index in [-0.39, 0.29) is 15.0 Å². The Kier molecular flexibility index (Phi) is 2.05. The number of hydrogen-bond donors (Lipinski definition) is 1. The van der Waals surface area contributed by atoms with Crippen molar-refractivity contribution >= 4 is 23.9 Å². The average molecular weight is 261 g/mol. The van der Waals surface area contributed by atoms with E-state index in [4.69, 9.17) is 0 Å². The summed E-state index contributed by atoms with van der Waals surface area (Å²) in [6.45, 7) is 0. The quantitative estimate of drug-likeness (QED) is 0.597. The Morgan fingerprint density at radius 2 is 1.73 bits per heavy atom. The number of fused-ring (bicyclic) bond motifs is 2. The van der Waals surface area contributed by atoms with Gasteiger partial charge in [0.05, 0.1) is 0 Å². The molecule has 3 rings (SSSR count). The van der Waals surface area contributed by atoms with E-state index in [1.54, 1.807) is 6.07 Å². The van der Waals surface area contributed by atoms with Crippen LogP contribution < -0.4 is 8.92 Å². The molecule has 1 N–H and O–H groups in total. The molecule has 0 unspecified atom stereocenters. The molecule has 0 aromatic heterocycles. The van der Waals surface area contributed by atoms with Crippen LogP contribution in [0.3, 0.4) is 0 Å². The number of benzene rings is 2. The van der Waals surface area contributed by atoms with Gasteiger partial charge < -0.3 is 0 Å². The molecule has 0 saturated carbocycles. The van der Waals surface area contributed by atoms with E-state index in [1.165, 1.54) is 15.6 Å². The van der Waals surface area contributed by atoms with Gasteiger partial charge in [0, 0.05) is 0 Å². The predicted octanol–water partition coefficient (Wildman–Crippen LogP) is 0.951. The second-order valence-electron chi connectivity index (χ2n) is 3.65. The van der Waals surface area contributed by atoms with Crippen molar-refractivity contribution in [2.75, 3.05) is 0 Å². The molecule has 2 aromatic carbocycles. The van der Waals surface area contributed by atoms with Crippen molar-refractivity contribution in [1.82, 2.24) is 0 Å². The van der Waals surface area contributed by atoms with Crippen molar-refractivity contribution < 1.29 is 5.11 Å². The fourth-order valence-electron chi connectivity index (χ4n) is 1.89. The molecule has 15 heavy (non-hydrogen) atoms. The number of hydrogen-bond acceptors (Lipinski definition) is 1. The van der Waals surface area contributed by atoms with Gasteiger partial charge in [0.1, 0.15) is 0 Å². The summed E-state index contributed by atoms with van der Waals surface area (Å²) >= 11 is 0.259. The monoisotopic (exact) mass is 262 g/mol. The first kappa shape index (κ1) is 9.02. The molecule has 1 aliphatic heterocycles. The summed E-state index contributed by atoms with van der Waals surface area (Å²) in [5, 5.41) is 9.80. The zero-order valence-electron chi connectivity index (χ0n) is 8.10. The van der Waals surface area contributed by atoms with Crippen molar-refractivity contribution in [2.24, 2.45) is 0 Å². The first-order chi connectivity index (χ1) is 7.34. The van der Waals surface area contributed by atoms with Gasteiger partial charge in [-0.3, -0.25) is 0 Å². The van der Waals surface area contributed by atoms with Crippen LogP contribution in [-0.4, -0.2) is 20.1 Å². The molecule has 1 heterocycles. The van der Waals surface area contributed by atoms with Crippen LogP contribution in [0.4, 0.5) is 0 Å². The van der Waals surface area contributed by atoms with Crippen LogP contribution in [0.15, 0.2) is 42.5 Å². The number of rotatable bonds is 0. The molecule has 2 aromatic rings. The summed E-state index contributed by atoms with van der Waals surface area (Å²) in [5.41, 5.74) is 2.70. The Balaban J connectivity index is 2.15. The Bertz CT molecular complexity index is 520. The predicted molar refractivity (Wildman–Crippen MR) is 62.4 cm³/mol. The van der Waals surface area contributed by atoms with Crippen LogP contribution in [0.1, 0.15) is 11.1 Å². The number of phenolic OH excluding ortho intramolecular Hbond substituents is 1. The second-order valence-corrected chi connectivity index (χ2v) is 5.86. The van der Waals surface area contributed by atoms with Crippen LogP contribution in [0, 0.1) is 0 Å². The molecule has 74 valence electrons. The van der Waals surface area contributed by atoms with Gasteiger partial charge in [0.2, 0.25) is 0 Å². The second kappa shape index (κ2) is 3.41. The standard InChI is InChI=1S/C13H10OSe/c14-11-6-3-5-10-8-9-4-1-2-7-12(9)15-13(10)11/h1-7,14H,8H2. The summed E-state index contributed by atoms with van der Waals surface area (Å²) in [7, 11) is 0. The van der Waals surface area contributed by atoms with Crippen molar-refractivity contribution in [1.29, 1.82) is 0 Å². The van der Waals surface area contributed by atoms with E-state index < -0.39 is 0 Å². The third-order valence-corrected chi connectivity index (χ3v) is 5.36. The summed E-state index contributed by atoms with van der Waals surface area (Å²) in [6, 6.07) is 14.3. The summed E-state index contributed by atoms with van der Waals surface area (Å²) in [6.07, 6.45) is 0.960. The topological polar surface area (TPSA) is 20.2 Å². The molecule has 0 spiro atoms. The van der Waals surface area contributed by atoms with E-state index in [9.17, 15) is 5.11 Å².